The van der Waals surface area contributed by atoms with E-state index in [2.05, 4.69) is 18.0 Å². The highest BCUT2D eigenvalue weighted by molar-refractivity contribution is 5.38. The lowest BCUT2D eigenvalue weighted by Gasteiger charge is -2.16. The Bertz CT molecular complexity index is 415. The molecular formula is C13H16FN. The lowest BCUT2D eigenvalue weighted by atomic mass is 9.94. The molecule has 2 aliphatic rings. The average molecular weight is 205 g/mol. The van der Waals surface area contributed by atoms with Crippen LogP contribution >= 0.6 is 0 Å². The zero-order valence-electron chi connectivity index (χ0n) is 9.26. The number of hydrogen-bond donors (Lipinski definition) is 0. The summed E-state index contributed by atoms with van der Waals surface area (Å²) in [5.41, 5.74) is 2.25. The van der Waals surface area contributed by atoms with Crippen molar-refractivity contribution in [2.24, 2.45) is 5.92 Å². The second-order valence-corrected chi connectivity index (χ2v) is 5.22. The largest absolute Gasteiger partial charge is 0.305 e. The molecule has 3 rings (SSSR count). The molecule has 1 aromatic carbocycles. The van der Waals surface area contributed by atoms with Crippen molar-refractivity contribution in [3.8, 4) is 0 Å². The summed E-state index contributed by atoms with van der Waals surface area (Å²) in [6, 6.07) is 5.76. The summed E-state index contributed by atoms with van der Waals surface area (Å²) in [4.78, 5) is 2.35. The van der Waals surface area contributed by atoms with E-state index in [4.69, 9.17) is 0 Å². The number of likely N-dealkylation sites (N-methyl/N-ethyl adjacent to an activating group) is 1. The fourth-order valence-corrected chi connectivity index (χ4v) is 3.08. The highest BCUT2D eigenvalue weighted by atomic mass is 19.1. The Hall–Kier alpha value is -0.890. The van der Waals surface area contributed by atoms with Crippen LogP contribution in [0.3, 0.4) is 0 Å². The van der Waals surface area contributed by atoms with E-state index in [9.17, 15) is 4.39 Å². The summed E-state index contributed by atoms with van der Waals surface area (Å²) in [5, 5.41) is 0. The van der Waals surface area contributed by atoms with Gasteiger partial charge in [-0.05, 0) is 43.5 Å². The van der Waals surface area contributed by atoms with Gasteiger partial charge in [0, 0.05) is 18.5 Å². The molecule has 2 fully saturated rings. The van der Waals surface area contributed by atoms with Crippen molar-refractivity contribution in [1.29, 1.82) is 0 Å². The Morgan fingerprint density at radius 1 is 1.47 bits per heavy atom. The molecule has 1 unspecified atom stereocenters. The smallest absolute Gasteiger partial charge is 0.126 e. The first-order valence-electron chi connectivity index (χ1n) is 5.57. The summed E-state index contributed by atoms with van der Waals surface area (Å²) in [5.74, 6) is 0.715. The predicted octanol–water partition coefficient (Wildman–Crippen LogP) is 2.34. The predicted molar refractivity (Wildman–Crippen MR) is 58.4 cm³/mol. The van der Waals surface area contributed by atoms with Crippen LogP contribution in [0, 0.1) is 18.7 Å². The third-order valence-electron chi connectivity index (χ3n) is 4.06. The lowest BCUT2D eigenvalue weighted by molar-refractivity contribution is 0.363. The Balaban J connectivity index is 1.97. The number of rotatable bonds is 1. The van der Waals surface area contributed by atoms with Crippen molar-refractivity contribution in [2.45, 2.75) is 18.8 Å². The zero-order chi connectivity index (χ0) is 10.6. The maximum absolute atomic E-state index is 13.5. The Kier molecular flexibility index (Phi) is 1.76. The van der Waals surface area contributed by atoms with Gasteiger partial charge in [-0.25, -0.2) is 4.39 Å². The third kappa shape index (κ3) is 1.24. The highest BCUT2D eigenvalue weighted by Gasteiger charge is 2.59. The summed E-state index contributed by atoms with van der Waals surface area (Å²) in [6.07, 6.45) is 1.25. The topological polar surface area (TPSA) is 3.24 Å². The van der Waals surface area contributed by atoms with Gasteiger partial charge >= 0.3 is 0 Å². The Morgan fingerprint density at radius 2 is 2.27 bits per heavy atom. The van der Waals surface area contributed by atoms with Crippen LogP contribution in [-0.2, 0) is 5.41 Å². The molecule has 2 atom stereocenters. The van der Waals surface area contributed by atoms with Gasteiger partial charge in [-0.2, -0.15) is 0 Å². The molecule has 15 heavy (non-hydrogen) atoms. The van der Waals surface area contributed by atoms with Crippen LogP contribution in [0.2, 0.25) is 0 Å². The second-order valence-electron chi connectivity index (χ2n) is 5.22. The van der Waals surface area contributed by atoms with Crippen molar-refractivity contribution in [2.75, 3.05) is 20.1 Å². The van der Waals surface area contributed by atoms with E-state index in [0.717, 1.165) is 18.0 Å². The number of aryl methyl sites for hydroxylation is 1. The quantitative estimate of drug-likeness (QED) is 0.680. The van der Waals surface area contributed by atoms with E-state index < -0.39 is 0 Å². The van der Waals surface area contributed by atoms with Gasteiger partial charge in [-0.3, -0.25) is 0 Å². The van der Waals surface area contributed by atoms with Gasteiger partial charge in [0.15, 0.2) is 0 Å². The van der Waals surface area contributed by atoms with Crippen LogP contribution in [-0.4, -0.2) is 25.0 Å². The number of fused-ring (bicyclic) bond motifs is 1. The van der Waals surface area contributed by atoms with Crippen LogP contribution in [0.5, 0.6) is 0 Å². The third-order valence-corrected chi connectivity index (χ3v) is 4.06. The molecule has 1 aliphatic heterocycles. The number of benzene rings is 1. The van der Waals surface area contributed by atoms with Crippen LogP contribution < -0.4 is 0 Å². The van der Waals surface area contributed by atoms with Gasteiger partial charge in [0.1, 0.15) is 5.82 Å². The average Bonchev–Trinajstić information content (AvgIpc) is 2.75. The fraction of sp³-hybridized carbons (Fsp3) is 0.538. The maximum atomic E-state index is 13.5. The highest BCUT2D eigenvalue weighted by Crippen LogP contribution is 2.58. The Morgan fingerprint density at radius 3 is 2.87 bits per heavy atom. The minimum Gasteiger partial charge on any atom is -0.305 e. The molecular weight excluding hydrogens is 189 g/mol. The van der Waals surface area contributed by atoms with E-state index in [1.54, 1.807) is 6.07 Å². The maximum Gasteiger partial charge on any atom is 0.126 e. The zero-order valence-corrected chi connectivity index (χ0v) is 9.26. The van der Waals surface area contributed by atoms with Crippen LogP contribution in [0.25, 0.3) is 0 Å². The van der Waals surface area contributed by atoms with Crippen LogP contribution in [0.1, 0.15) is 17.5 Å². The van der Waals surface area contributed by atoms with E-state index in [-0.39, 0.29) is 5.82 Å². The van der Waals surface area contributed by atoms with Crippen molar-refractivity contribution in [3.63, 3.8) is 0 Å². The molecule has 2 heteroatoms. The van der Waals surface area contributed by atoms with Crippen LogP contribution in [0.4, 0.5) is 4.39 Å². The number of halogens is 1. The molecule has 1 aromatic rings. The molecule has 0 spiro atoms. The van der Waals surface area contributed by atoms with Gasteiger partial charge in [-0.15, -0.1) is 0 Å². The SMILES string of the molecule is Cc1ccc(C23C[C@H]2CN(C)C3)cc1F. The standard InChI is InChI=1S/C13H16FN/c1-9-3-4-10(5-12(9)14)13-6-11(13)7-15(2)8-13/h3-5,11H,6-8H2,1-2H3/t11-,13?/m0/s1. The summed E-state index contributed by atoms with van der Waals surface area (Å²) in [6.45, 7) is 4.09. The molecule has 0 N–H and O–H groups in total. The molecule has 0 bridgehead atoms. The van der Waals surface area contributed by atoms with Gasteiger partial charge in [0.2, 0.25) is 0 Å². The summed E-state index contributed by atoms with van der Waals surface area (Å²) in [7, 11) is 2.15. The fourth-order valence-electron chi connectivity index (χ4n) is 3.08. The van der Waals surface area contributed by atoms with Gasteiger partial charge in [0.25, 0.3) is 0 Å². The van der Waals surface area contributed by atoms with Crippen molar-refractivity contribution in [1.82, 2.24) is 4.90 Å². The van der Waals surface area contributed by atoms with Gasteiger partial charge in [0.05, 0.1) is 0 Å². The molecule has 1 saturated heterocycles. The lowest BCUT2D eigenvalue weighted by Crippen LogP contribution is -2.22. The van der Waals surface area contributed by atoms with Crippen molar-refractivity contribution < 1.29 is 4.39 Å². The molecule has 80 valence electrons. The number of nitrogens with zero attached hydrogens (tertiary/aromatic N) is 1. The van der Waals surface area contributed by atoms with E-state index >= 15 is 0 Å². The van der Waals surface area contributed by atoms with Gasteiger partial charge < -0.3 is 4.90 Å². The molecule has 1 heterocycles. The summed E-state index contributed by atoms with van der Waals surface area (Å²) < 4.78 is 13.5. The minimum absolute atomic E-state index is 0.0536. The number of piperidine rings is 1. The van der Waals surface area contributed by atoms with Crippen molar-refractivity contribution in [3.05, 3.63) is 35.1 Å². The first-order chi connectivity index (χ1) is 7.12. The number of hydrogen-bond acceptors (Lipinski definition) is 1. The van der Waals surface area contributed by atoms with Crippen LogP contribution in [0.15, 0.2) is 18.2 Å². The monoisotopic (exact) mass is 205 g/mol. The Labute approximate surface area is 89.9 Å². The van der Waals surface area contributed by atoms with Crippen molar-refractivity contribution >= 4 is 0 Å². The van der Waals surface area contributed by atoms with E-state index in [1.165, 1.54) is 18.5 Å². The first kappa shape index (κ1) is 9.34. The molecule has 0 amide bonds. The van der Waals surface area contributed by atoms with E-state index in [0.29, 0.717) is 5.41 Å². The molecule has 0 aromatic heterocycles. The number of likely N-dealkylation sites (tertiary alicyclic amines) is 1. The first-order valence-corrected chi connectivity index (χ1v) is 5.57. The molecule has 1 aliphatic carbocycles. The molecule has 0 radical (unpaired) electrons. The normalized spacial score (nSPS) is 34.2. The van der Waals surface area contributed by atoms with E-state index in [1.807, 2.05) is 13.0 Å². The van der Waals surface area contributed by atoms with Gasteiger partial charge in [-0.1, -0.05) is 12.1 Å². The molecule has 1 saturated carbocycles. The molecule has 1 nitrogen and oxygen atoms in total. The summed E-state index contributed by atoms with van der Waals surface area (Å²) >= 11 is 0. The minimum atomic E-state index is -0.0536. The second kappa shape index (κ2) is 2.82.